The van der Waals surface area contributed by atoms with E-state index in [1.54, 1.807) is 0 Å². The number of nitrogens with one attached hydrogen (secondary N) is 1. The van der Waals surface area contributed by atoms with Gasteiger partial charge in [0.25, 0.3) is 0 Å². The highest BCUT2D eigenvalue weighted by molar-refractivity contribution is 7.14. The molecule has 0 spiro atoms. The largest absolute Gasteiger partial charge is 0.339 e. The minimum Gasteiger partial charge on any atom is -0.339 e. The van der Waals surface area contributed by atoms with Gasteiger partial charge in [-0.1, -0.05) is 17.7 Å². The Kier molecular flexibility index (Phi) is 4.07. The maximum Gasteiger partial charge on any atom is 0.231 e. The molecule has 1 aromatic carbocycles. The summed E-state index contributed by atoms with van der Waals surface area (Å²) in [5.41, 5.74) is 4.32. The van der Waals surface area contributed by atoms with Crippen LogP contribution in [0.5, 0.6) is 0 Å². The Bertz CT molecular complexity index is 841. The topological polar surface area (TPSA) is 62.3 Å². The van der Waals surface area contributed by atoms with Crippen molar-refractivity contribution < 1.29 is 9.59 Å². The average Bonchev–Trinajstić information content (AvgIpc) is 3.19. The highest BCUT2D eigenvalue weighted by Crippen LogP contribution is 2.33. The van der Waals surface area contributed by atoms with Gasteiger partial charge in [0.2, 0.25) is 11.8 Å². The molecule has 0 bridgehead atoms. The van der Waals surface area contributed by atoms with Gasteiger partial charge in [0.05, 0.1) is 11.6 Å². The number of thiazole rings is 1. The van der Waals surface area contributed by atoms with E-state index in [1.807, 2.05) is 10.3 Å². The van der Waals surface area contributed by atoms with Gasteiger partial charge in [0, 0.05) is 30.0 Å². The van der Waals surface area contributed by atoms with Crippen LogP contribution in [0, 0.1) is 19.8 Å². The number of benzene rings is 1. The minimum atomic E-state index is -0.263. The van der Waals surface area contributed by atoms with E-state index in [9.17, 15) is 9.59 Å². The Labute approximate surface area is 151 Å². The van der Waals surface area contributed by atoms with Crippen LogP contribution in [0.2, 0.25) is 0 Å². The third kappa shape index (κ3) is 3.31. The highest BCUT2D eigenvalue weighted by atomic mass is 32.1. The summed E-state index contributed by atoms with van der Waals surface area (Å²) in [7, 11) is 0. The van der Waals surface area contributed by atoms with E-state index in [2.05, 4.69) is 42.3 Å². The average molecular weight is 355 g/mol. The second kappa shape index (κ2) is 6.26. The van der Waals surface area contributed by atoms with Gasteiger partial charge in [-0.15, -0.1) is 11.3 Å². The van der Waals surface area contributed by atoms with Gasteiger partial charge >= 0.3 is 0 Å². The SMILES string of the molecule is Cc1ccc(C)c(-c2csc(NC(=O)[C@@H]3CC(=O)N(C4CC4)C3)n2)c1. The molecule has 0 unspecified atom stereocenters. The lowest BCUT2D eigenvalue weighted by molar-refractivity contribution is -0.128. The van der Waals surface area contributed by atoms with Gasteiger partial charge in [-0.3, -0.25) is 9.59 Å². The van der Waals surface area contributed by atoms with E-state index >= 15 is 0 Å². The van der Waals surface area contributed by atoms with Crippen molar-refractivity contribution in [3.05, 3.63) is 34.7 Å². The van der Waals surface area contributed by atoms with Crippen LogP contribution in [0.4, 0.5) is 5.13 Å². The first-order valence-electron chi connectivity index (χ1n) is 8.65. The van der Waals surface area contributed by atoms with E-state index in [0.29, 0.717) is 24.1 Å². The Morgan fingerprint density at radius 3 is 2.88 bits per heavy atom. The fourth-order valence-electron chi connectivity index (χ4n) is 3.32. The molecule has 130 valence electrons. The Balaban J connectivity index is 1.45. The number of hydrogen-bond donors (Lipinski definition) is 1. The summed E-state index contributed by atoms with van der Waals surface area (Å²) in [6.07, 6.45) is 2.47. The molecular formula is C19H21N3O2S. The molecule has 2 amide bonds. The number of aromatic nitrogens is 1. The van der Waals surface area contributed by atoms with E-state index in [1.165, 1.54) is 16.9 Å². The van der Waals surface area contributed by atoms with Crippen molar-refractivity contribution in [1.82, 2.24) is 9.88 Å². The van der Waals surface area contributed by atoms with Crippen LogP contribution in [0.25, 0.3) is 11.3 Å². The first kappa shape index (κ1) is 16.3. The molecule has 2 aromatic rings. The minimum absolute atomic E-state index is 0.0987. The lowest BCUT2D eigenvalue weighted by Gasteiger charge is -2.14. The standard InChI is InChI=1S/C19H21N3O2S/c1-11-3-4-12(2)15(7-11)16-10-25-19(20-16)21-18(24)13-8-17(23)22(9-13)14-5-6-14/h3-4,7,10,13-14H,5-6,8-9H2,1-2H3,(H,20,21,24)/t13-/m1/s1. The summed E-state index contributed by atoms with van der Waals surface area (Å²) >= 11 is 1.42. The summed E-state index contributed by atoms with van der Waals surface area (Å²) in [5, 5.41) is 5.46. The predicted molar refractivity (Wildman–Crippen MR) is 98.5 cm³/mol. The molecule has 1 atom stereocenters. The molecule has 1 N–H and O–H groups in total. The predicted octanol–water partition coefficient (Wildman–Crippen LogP) is 3.38. The third-order valence-electron chi connectivity index (χ3n) is 4.92. The Morgan fingerprint density at radius 2 is 2.12 bits per heavy atom. The van der Waals surface area contributed by atoms with Crippen molar-refractivity contribution in [2.24, 2.45) is 5.92 Å². The number of anilines is 1. The second-order valence-corrected chi connectivity index (χ2v) is 7.88. The number of carbonyl (C=O) groups is 2. The summed E-state index contributed by atoms with van der Waals surface area (Å²) in [6, 6.07) is 6.65. The number of amides is 2. The van der Waals surface area contributed by atoms with Crippen molar-refractivity contribution in [2.75, 3.05) is 11.9 Å². The van der Waals surface area contributed by atoms with Crippen molar-refractivity contribution >= 4 is 28.3 Å². The maximum absolute atomic E-state index is 12.5. The lowest BCUT2D eigenvalue weighted by Crippen LogP contribution is -2.29. The molecular weight excluding hydrogens is 334 g/mol. The molecule has 4 rings (SSSR count). The quantitative estimate of drug-likeness (QED) is 0.914. The molecule has 1 aliphatic heterocycles. The van der Waals surface area contributed by atoms with E-state index in [4.69, 9.17) is 0 Å². The van der Waals surface area contributed by atoms with Crippen molar-refractivity contribution in [2.45, 2.75) is 39.2 Å². The van der Waals surface area contributed by atoms with Crippen LogP contribution in [-0.2, 0) is 9.59 Å². The van der Waals surface area contributed by atoms with E-state index in [-0.39, 0.29) is 17.7 Å². The Morgan fingerprint density at radius 1 is 1.32 bits per heavy atom. The maximum atomic E-state index is 12.5. The van der Waals surface area contributed by atoms with Crippen molar-refractivity contribution in [3.63, 3.8) is 0 Å². The number of carbonyl (C=O) groups excluding carboxylic acids is 2. The molecule has 0 radical (unpaired) electrons. The summed E-state index contributed by atoms with van der Waals surface area (Å²) < 4.78 is 0. The van der Waals surface area contributed by atoms with Crippen molar-refractivity contribution in [1.29, 1.82) is 0 Å². The molecule has 1 aliphatic carbocycles. The first-order valence-corrected chi connectivity index (χ1v) is 9.52. The molecule has 2 heterocycles. The zero-order chi connectivity index (χ0) is 17.6. The second-order valence-electron chi connectivity index (χ2n) is 7.02. The molecule has 1 aromatic heterocycles. The molecule has 6 heteroatoms. The number of rotatable bonds is 4. The fraction of sp³-hybridized carbons (Fsp3) is 0.421. The number of hydrogen-bond acceptors (Lipinski definition) is 4. The van der Waals surface area contributed by atoms with Crippen LogP contribution in [0.3, 0.4) is 0 Å². The van der Waals surface area contributed by atoms with Gasteiger partial charge in [-0.25, -0.2) is 4.98 Å². The normalized spacial score (nSPS) is 20.2. The third-order valence-corrected chi connectivity index (χ3v) is 5.68. The zero-order valence-corrected chi connectivity index (χ0v) is 15.2. The van der Waals surface area contributed by atoms with E-state index < -0.39 is 0 Å². The lowest BCUT2D eigenvalue weighted by atomic mass is 10.0. The smallest absolute Gasteiger partial charge is 0.231 e. The van der Waals surface area contributed by atoms with Gasteiger partial charge in [0.1, 0.15) is 0 Å². The zero-order valence-electron chi connectivity index (χ0n) is 14.4. The summed E-state index contributed by atoms with van der Waals surface area (Å²) in [5.74, 6) is -0.252. The van der Waals surface area contributed by atoms with Crippen molar-refractivity contribution in [3.8, 4) is 11.3 Å². The molecule has 25 heavy (non-hydrogen) atoms. The molecule has 1 saturated carbocycles. The van der Waals surface area contributed by atoms with Gasteiger partial charge in [0.15, 0.2) is 5.13 Å². The van der Waals surface area contributed by atoms with Crippen LogP contribution in [0.1, 0.15) is 30.4 Å². The van der Waals surface area contributed by atoms with E-state index in [0.717, 1.165) is 29.7 Å². The summed E-state index contributed by atoms with van der Waals surface area (Å²) in [6.45, 7) is 4.66. The highest BCUT2D eigenvalue weighted by Gasteiger charge is 2.41. The van der Waals surface area contributed by atoms with Gasteiger partial charge in [-0.2, -0.15) is 0 Å². The summed E-state index contributed by atoms with van der Waals surface area (Å²) in [4.78, 5) is 30.9. The van der Waals surface area contributed by atoms with Crippen LogP contribution in [-0.4, -0.2) is 34.3 Å². The number of aryl methyl sites for hydroxylation is 2. The first-order chi connectivity index (χ1) is 12.0. The molecule has 5 nitrogen and oxygen atoms in total. The number of likely N-dealkylation sites (tertiary alicyclic amines) is 1. The molecule has 2 fully saturated rings. The van der Waals surface area contributed by atoms with Crippen LogP contribution < -0.4 is 5.32 Å². The van der Waals surface area contributed by atoms with Gasteiger partial charge in [-0.05, 0) is 38.3 Å². The van der Waals surface area contributed by atoms with Gasteiger partial charge < -0.3 is 10.2 Å². The molecule has 1 saturated heterocycles. The number of nitrogens with zero attached hydrogens (tertiary/aromatic N) is 2. The fourth-order valence-corrected chi connectivity index (χ4v) is 4.03. The molecule has 2 aliphatic rings. The van der Waals surface area contributed by atoms with Crippen LogP contribution >= 0.6 is 11.3 Å². The van der Waals surface area contributed by atoms with Crippen LogP contribution in [0.15, 0.2) is 23.6 Å². The Hall–Kier alpha value is -2.21. The monoisotopic (exact) mass is 355 g/mol.